The average molecular weight is 412 g/mol. The third-order valence-corrected chi connectivity index (χ3v) is 4.22. The van der Waals surface area contributed by atoms with Gasteiger partial charge in [0.2, 0.25) is 0 Å². The lowest BCUT2D eigenvalue weighted by atomic mass is 10.2. The van der Waals surface area contributed by atoms with E-state index in [9.17, 15) is 4.79 Å². The van der Waals surface area contributed by atoms with Crippen LogP contribution >= 0.6 is 15.9 Å². The van der Waals surface area contributed by atoms with Crippen LogP contribution in [0.1, 0.15) is 16.1 Å². The van der Waals surface area contributed by atoms with Crippen LogP contribution < -0.4 is 10.3 Å². The van der Waals surface area contributed by atoms with Gasteiger partial charge in [-0.15, -0.1) is 0 Å². The van der Waals surface area contributed by atoms with Crippen molar-refractivity contribution in [2.45, 2.75) is 0 Å². The molecular formula is C20H18BrN3O2. The third kappa shape index (κ3) is 4.40. The molecule has 0 unspecified atom stereocenters. The smallest absolute Gasteiger partial charge is 0.307 e. The lowest BCUT2D eigenvalue weighted by Crippen LogP contribution is -2.16. The van der Waals surface area contributed by atoms with Crippen LogP contribution in [0.4, 0.5) is 5.69 Å². The Balaban J connectivity index is 1.57. The second kappa shape index (κ2) is 8.01. The van der Waals surface area contributed by atoms with Gasteiger partial charge in [-0.1, -0.05) is 34.1 Å². The molecule has 26 heavy (non-hydrogen) atoms. The first-order valence-corrected chi connectivity index (χ1v) is 8.79. The van der Waals surface area contributed by atoms with Crippen molar-refractivity contribution in [3.05, 3.63) is 70.4 Å². The summed E-state index contributed by atoms with van der Waals surface area (Å²) in [7, 11) is 4.00. The molecule has 1 N–H and O–H groups in total. The van der Waals surface area contributed by atoms with Crippen LogP contribution in [0.3, 0.4) is 0 Å². The molecule has 0 saturated carbocycles. The number of furan rings is 1. The summed E-state index contributed by atoms with van der Waals surface area (Å²) in [6.07, 6.45) is 5.20. The average Bonchev–Trinajstić information content (AvgIpc) is 3.05. The second-order valence-electron chi connectivity index (χ2n) is 5.86. The molecule has 2 aromatic carbocycles. The highest BCUT2D eigenvalue weighted by Crippen LogP contribution is 2.23. The van der Waals surface area contributed by atoms with Crippen molar-refractivity contribution >= 4 is 50.8 Å². The fraction of sp³-hybridized carbons (Fsp3) is 0.100. The van der Waals surface area contributed by atoms with Gasteiger partial charge in [0, 0.05) is 35.9 Å². The van der Waals surface area contributed by atoms with Crippen molar-refractivity contribution in [2.75, 3.05) is 19.0 Å². The Hall–Kier alpha value is -2.86. The van der Waals surface area contributed by atoms with E-state index in [0.29, 0.717) is 5.58 Å². The zero-order valence-corrected chi connectivity index (χ0v) is 16.0. The molecule has 0 aliphatic heterocycles. The molecule has 0 bridgehead atoms. The molecule has 0 spiro atoms. The highest BCUT2D eigenvalue weighted by atomic mass is 79.9. The van der Waals surface area contributed by atoms with E-state index in [4.69, 9.17) is 4.42 Å². The summed E-state index contributed by atoms with van der Waals surface area (Å²) in [6.45, 7) is 0. The summed E-state index contributed by atoms with van der Waals surface area (Å²) < 4.78 is 6.44. The van der Waals surface area contributed by atoms with Gasteiger partial charge in [0.05, 0.1) is 0 Å². The molecule has 0 aliphatic carbocycles. The van der Waals surface area contributed by atoms with E-state index < -0.39 is 5.91 Å². The van der Waals surface area contributed by atoms with E-state index in [1.807, 2.05) is 67.5 Å². The number of allylic oxidation sites excluding steroid dienone is 1. The number of halogens is 1. The molecule has 0 radical (unpaired) electrons. The fourth-order valence-electron chi connectivity index (χ4n) is 2.36. The van der Waals surface area contributed by atoms with Crippen LogP contribution in [-0.2, 0) is 0 Å². The summed E-state index contributed by atoms with van der Waals surface area (Å²) in [5, 5.41) is 4.76. The minimum Gasteiger partial charge on any atom is -0.451 e. The minimum absolute atomic E-state index is 0.221. The Kier molecular flexibility index (Phi) is 5.53. The van der Waals surface area contributed by atoms with Gasteiger partial charge in [-0.25, -0.2) is 5.43 Å². The predicted molar refractivity (Wildman–Crippen MR) is 110 cm³/mol. The van der Waals surface area contributed by atoms with Gasteiger partial charge >= 0.3 is 5.91 Å². The first-order valence-electron chi connectivity index (χ1n) is 7.99. The maximum atomic E-state index is 12.1. The standard InChI is InChI=1S/C20H18BrN3O2/c1-24(2)17-8-5-14(6-9-17)4-3-11-22-23-20(25)19-13-15-12-16(21)7-10-18(15)26-19/h3-13H,1-2H3,(H,23,25)/b4-3+,22-11+. The number of nitrogens with one attached hydrogen (secondary N) is 1. The summed E-state index contributed by atoms with van der Waals surface area (Å²) in [5.74, 6) is -0.171. The Labute approximate surface area is 160 Å². The van der Waals surface area contributed by atoms with Crippen molar-refractivity contribution < 1.29 is 9.21 Å². The topological polar surface area (TPSA) is 57.8 Å². The summed E-state index contributed by atoms with van der Waals surface area (Å²) in [4.78, 5) is 14.1. The first kappa shape index (κ1) is 17.9. The Bertz CT molecular complexity index is 972. The number of anilines is 1. The number of hydrogen-bond donors (Lipinski definition) is 1. The molecule has 0 atom stereocenters. The summed E-state index contributed by atoms with van der Waals surface area (Å²) in [6, 6.07) is 15.4. The SMILES string of the molecule is CN(C)c1ccc(/C=C/C=N/NC(=O)c2cc3cc(Br)ccc3o2)cc1. The molecule has 0 saturated heterocycles. The predicted octanol–water partition coefficient (Wildman–Crippen LogP) is 4.69. The van der Waals surface area contributed by atoms with Gasteiger partial charge in [-0.3, -0.25) is 4.79 Å². The van der Waals surface area contributed by atoms with Crippen molar-refractivity contribution in [1.29, 1.82) is 0 Å². The summed E-state index contributed by atoms with van der Waals surface area (Å²) >= 11 is 3.39. The molecular weight excluding hydrogens is 394 g/mol. The van der Waals surface area contributed by atoms with Crippen LogP contribution in [-0.4, -0.2) is 26.2 Å². The number of hydrogen-bond acceptors (Lipinski definition) is 4. The van der Waals surface area contributed by atoms with Gasteiger partial charge in [0.25, 0.3) is 0 Å². The minimum atomic E-state index is -0.391. The van der Waals surface area contributed by atoms with E-state index in [1.54, 1.807) is 12.1 Å². The number of rotatable bonds is 5. The molecule has 5 nitrogen and oxygen atoms in total. The number of carbonyl (C=O) groups excluding carboxylic acids is 1. The van der Waals surface area contributed by atoms with Crippen molar-refractivity contribution in [2.24, 2.45) is 5.10 Å². The van der Waals surface area contributed by atoms with Crippen molar-refractivity contribution in [1.82, 2.24) is 5.43 Å². The number of carbonyl (C=O) groups is 1. The van der Waals surface area contributed by atoms with E-state index in [0.717, 1.165) is 21.1 Å². The molecule has 132 valence electrons. The molecule has 6 heteroatoms. The molecule has 3 rings (SSSR count). The Morgan fingerprint density at radius 2 is 1.92 bits per heavy atom. The van der Waals surface area contributed by atoms with Crippen LogP contribution in [0, 0.1) is 0 Å². The van der Waals surface area contributed by atoms with Crippen LogP contribution in [0.25, 0.3) is 17.0 Å². The molecule has 0 aliphatic rings. The highest BCUT2D eigenvalue weighted by Gasteiger charge is 2.11. The molecule has 1 heterocycles. The summed E-state index contributed by atoms with van der Waals surface area (Å²) in [5.41, 5.74) is 5.30. The lowest BCUT2D eigenvalue weighted by Gasteiger charge is -2.11. The van der Waals surface area contributed by atoms with Crippen molar-refractivity contribution in [3.63, 3.8) is 0 Å². The van der Waals surface area contributed by atoms with E-state index >= 15 is 0 Å². The van der Waals surface area contributed by atoms with Crippen LogP contribution in [0.2, 0.25) is 0 Å². The molecule has 0 fully saturated rings. The highest BCUT2D eigenvalue weighted by molar-refractivity contribution is 9.10. The van der Waals surface area contributed by atoms with E-state index in [2.05, 4.69) is 26.5 Å². The number of fused-ring (bicyclic) bond motifs is 1. The van der Waals surface area contributed by atoms with Gasteiger partial charge in [-0.05, 0) is 48.0 Å². The maximum absolute atomic E-state index is 12.1. The Morgan fingerprint density at radius 3 is 2.65 bits per heavy atom. The fourth-order valence-corrected chi connectivity index (χ4v) is 2.74. The van der Waals surface area contributed by atoms with Crippen LogP contribution in [0.5, 0.6) is 0 Å². The zero-order valence-electron chi connectivity index (χ0n) is 14.4. The third-order valence-electron chi connectivity index (χ3n) is 3.73. The van der Waals surface area contributed by atoms with Crippen LogP contribution in [0.15, 0.2) is 68.6 Å². The number of nitrogens with zero attached hydrogens (tertiary/aromatic N) is 2. The molecule has 3 aromatic rings. The van der Waals surface area contributed by atoms with E-state index in [1.165, 1.54) is 6.21 Å². The normalized spacial score (nSPS) is 11.5. The first-order chi connectivity index (χ1) is 12.5. The van der Waals surface area contributed by atoms with Gasteiger partial charge in [0.15, 0.2) is 5.76 Å². The number of benzene rings is 2. The van der Waals surface area contributed by atoms with E-state index in [-0.39, 0.29) is 5.76 Å². The monoisotopic (exact) mass is 411 g/mol. The maximum Gasteiger partial charge on any atom is 0.307 e. The van der Waals surface area contributed by atoms with Gasteiger partial charge < -0.3 is 9.32 Å². The lowest BCUT2D eigenvalue weighted by molar-refractivity contribution is 0.0929. The largest absolute Gasteiger partial charge is 0.451 e. The number of hydrazone groups is 1. The molecule has 1 aromatic heterocycles. The van der Waals surface area contributed by atoms with Crippen molar-refractivity contribution in [3.8, 4) is 0 Å². The quantitative estimate of drug-likeness (QED) is 0.489. The Morgan fingerprint density at radius 1 is 1.15 bits per heavy atom. The van der Waals surface area contributed by atoms with Gasteiger partial charge in [-0.2, -0.15) is 5.10 Å². The number of amides is 1. The second-order valence-corrected chi connectivity index (χ2v) is 6.77. The zero-order chi connectivity index (χ0) is 18.5. The molecule has 1 amide bonds. The van der Waals surface area contributed by atoms with Gasteiger partial charge in [0.1, 0.15) is 5.58 Å².